The Morgan fingerprint density at radius 3 is 3.15 bits per heavy atom. The second-order valence-electron chi connectivity index (χ2n) is 6.16. The van der Waals surface area contributed by atoms with Crippen LogP contribution < -0.4 is 5.32 Å². The highest BCUT2D eigenvalue weighted by Gasteiger charge is 2.34. The van der Waals surface area contributed by atoms with Crippen LogP contribution in [0.25, 0.3) is 10.9 Å². The molecule has 2 atom stereocenters. The Kier molecular flexibility index (Phi) is 3.21. The van der Waals surface area contributed by atoms with Crippen LogP contribution in [0, 0.1) is 5.92 Å². The van der Waals surface area contributed by atoms with Crippen LogP contribution in [-0.2, 0) is 6.54 Å². The van der Waals surface area contributed by atoms with Crippen LogP contribution in [0.15, 0.2) is 24.4 Å². The van der Waals surface area contributed by atoms with E-state index in [9.17, 15) is 0 Å². The van der Waals surface area contributed by atoms with E-state index in [0.717, 1.165) is 23.0 Å². The number of rotatable bonds is 2. The van der Waals surface area contributed by atoms with E-state index in [-0.39, 0.29) is 0 Å². The lowest BCUT2D eigenvalue weighted by Gasteiger charge is -2.24. The largest absolute Gasteiger partial charge is 0.361 e. The summed E-state index contributed by atoms with van der Waals surface area (Å²) in [6, 6.07) is 6.83. The molecule has 2 fully saturated rings. The van der Waals surface area contributed by atoms with Crippen molar-refractivity contribution in [2.24, 2.45) is 5.92 Å². The van der Waals surface area contributed by atoms with Crippen LogP contribution in [0.4, 0.5) is 0 Å². The molecule has 3 heterocycles. The second kappa shape index (κ2) is 5.06. The summed E-state index contributed by atoms with van der Waals surface area (Å²) in [6.45, 7) is 4.65. The molecule has 2 aromatic rings. The molecule has 0 spiro atoms. The fraction of sp³-hybridized carbons (Fsp3) is 0.500. The zero-order valence-electron chi connectivity index (χ0n) is 11.5. The Morgan fingerprint density at radius 2 is 2.25 bits per heavy atom. The van der Waals surface area contributed by atoms with Crippen LogP contribution in [0.2, 0.25) is 5.02 Å². The molecule has 2 aliphatic rings. The maximum absolute atomic E-state index is 6.04. The lowest BCUT2D eigenvalue weighted by molar-refractivity contribution is 0.313. The SMILES string of the molecule is Clc1ccc2c(CN3CC4CCCNC4C3)c[nH]c2c1. The molecule has 4 rings (SSSR count). The molecule has 0 radical (unpaired) electrons. The van der Waals surface area contributed by atoms with E-state index in [1.165, 1.54) is 43.4 Å². The number of hydrogen-bond acceptors (Lipinski definition) is 2. The number of fused-ring (bicyclic) bond motifs is 2. The summed E-state index contributed by atoms with van der Waals surface area (Å²) in [5.41, 5.74) is 2.53. The van der Waals surface area contributed by atoms with Crippen molar-refractivity contribution in [2.45, 2.75) is 25.4 Å². The lowest BCUT2D eigenvalue weighted by Crippen LogP contribution is -2.40. The minimum absolute atomic E-state index is 0.711. The van der Waals surface area contributed by atoms with Crippen LogP contribution in [0.1, 0.15) is 18.4 Å². The topological polar surface area (TPSA) is 31.1 Å². The first-order valence-corrected chi connectivity index (χ1v) is 7.88. The summed E-state index contributed by atoms with van der Waals surface area (Å²) in [4.78, 5) is 5.93. The average molecular weight is 290 g/mol. The van der Waals surface area contributed by atoms with Gasteiger partial charge in [-0.05, 0) is 43.0 Å². The molecule has 0 saturated carbocycles. The van der Waals surface area contributed by atoms with Gasteiger partial charge in [0.2, 0.25) is 0 Å². The van der Waals surface area contributed by atoms with Gasteiger partial charge in [-0.15, -0.1) is 0 Å². The van der Waals surface area contributed by atoms with Gasteiger partial charge < -0.3 is 10.3 Å². The molecule has 3 nitrogen and oxygen atoms in total. The monoisotopic (exact) mass is 289 g/mol. The molecular weight excluding hydrogens is 270 g/mol. The van der Waals surface area contributed by atoms with E-state index in [2.05, 4.69) is 27.5 Å². The number of aromatic nitrogens is 1. The minimum Gasteiger partial charge on any atom is -0.361 e. The molecule has 1 aromatic heterocycles. The Balaban J connectivity index is 1.53. The van der Waals surface area contributed by atoms with E-state index in [0.29, 0.717) is 6.04 Å². The molecule has 2 unspecified atom stereocenters. The predicted octanol–water partition coefficient (Wildman–Crippen LogP) is 3.01. The van der Waals surface area contributed by atoms with Gasteiger partial charge in [-0.1, -0.05) is 17.7 Å². The number of nitrogens with zero attached hydrogens (tertiary/aromatic N) is 1. The molecular formula is C16H20ClN3. The van der Waals surface area contributed by atoms with Gasteiger partial charge in [0.1, 0.15) is 0 Å². The Labute approximate surface area is 124 Å². The van der Waals surface area contributed by atoms with Crippen molar-refractivity contribution in [1.82, 2.24) is 15.2 Å². The smallest absolute Gasteiger partial charge is 0.0472 e. The summed E-state index contributed by atoms with van der Waals surface area (Å²) in [5, 5.41) is 5.77. The van der Waals surface area contributed by atoms with Crippen LogP contribution >= 0.6 is 11.6 Å². The molecule has 4 heteroatoms. The number of piperidine rings is 1. The first kappa shape index (κ1) is 12.7. The van der Waals surface area contributed by atoms with E-state index in [1.54, 1.807) is 0 Å². The van der Waals surface area contributed by atoms with Crippen LogP contribution in [0.3, 0.4) is 0 Å². The fourth-order valence-corrected chi connectivity index (χ4v) is 3.97. The van der Waals surface area contributed by atoms with Gasteiger partial charge in [0.25, 0.3) is 0 Å². The highest BCUT2D eigenvalue weighted by atomic mass is 35.5. The Bertz CT molecular complexity index is 607. The van der Waals surface area contributed by atoms with E-state index < -0.39 is 0 Å². The number of benzene rings is 1. The minimum atomic E-state index is 0.711. The van der Waals surface area contributed by atoms with Crippen molar-refractivity contribution in [3.05, 3.63) is 35.0 Å². The quantitative estimate of drug-likeness (QED) is 0.890. The summed E-state index contributed by atoms with van der Waals surface area (Å²) in [7, 11) is 0. The molecule has 0 bridgehead atoms. The maximum Gasteiger partial charge on any atom is 0.0472 e. The van der Waals surface area contributed by atoms with Gasteiger partial charge in [0.05, 0.1) is 0 Å². The highest BCUT2D eigenvalue weighted by molar-refractivity contribution is 6.31. The maximum atomic E-state index is 6.04. The third-order valence-electron chi connectivity index (χ3n) is 4.80. The van der Waals surface area contributed by atoms with E-state index >= 15 is 0 Å². The van der Waals surface area contributed by atoms with Gasteiger partial charge >= 0.3 is 0 Å². The molecule has 1 aromatic carbocycles. The van der Waals surface area contributed by atoms with Crippen molar-refractivity contribution >= 4 is 22.5 Å². The third-order valence-corrected chi connectivity index (χ3v) is 5.03. The van der Waals surface area contributed by atoms with Crippen molar-refractivity contribution < 1.29 is 0 Å². The van der Waals surface area contributed by atoms with Gasteiger partial charge in [-0.25, -0.2) is 0 Å². The second-order valence-corrected chi connectivity index (χ2v) is 6.60. The first-order chi connectivity index (χ1) is 9.79. The summed E-state index contributed by atoms with van der Waals surface area (Å²) >= 11 is 6.04. The van der Waals surface area contributed by atoms with Gasteiger partial charge in [0.15, 0.2) is 0 Å². The van der Waals surface area contributed by atoms with E-state index in [1.807, 2.05) is 12.1 Å². The average Bonchev–Trinajstić information content (AvgIpc) is 3.02. The molecule has 2 aliphatic heterocycles. The third kappa shape index (κ3) is 2.24. The normalized spacial score (nSPS) is 27.1. The van der Waals surface area contributed by atoms with E-state index in [4.69, 9.17) is 11.6 Å². The first-order valence-electron chi connectivity index (χ1n) is 7.51. The standard InChI is InChI=1S/C16H20ClN3/c17-13-3-4-14-12(7-19-15(14)6-13)9-20-8-11-2-1-5-18-16(11)10-20/h3-4,6-7,11,16,18-19H,1-2,5,8-10H2. The number of hydrogen-bond donors (Lipinski definition) is 2. The fourth-order valence-electron chi connectivity index (χ4n) is 3.80. The number of H-pyrrole nitrogens is 1. The van der Waals surface area contributed by atoms with Crippen molar-refractivity contribution in [1.29, 1.82) is 0 Å². The molecule has 20 heavy (non-hydrogen) atoms. The number of likely N-dealkylation sites (tertiary alicyclic amines) is 1. The van der Waals surface area contributed by atoms with Crippen molar-refractivity contribution in [3.8, 4) is 0 Å². The highest BCUT2D eigenvalue weighted by Crippen LogP contribution is 2.28. The summed E-state index contributed by atoms with van der Waals surface area (Å²) in [6.07, 6.45) is 4.86. The zero-order valence-corrected chi connectivity index (χ0v) is 12.3. The van der Waals surface area contributed by atoms with Crippen molar-refractivity contribution in [2.75, 3.05) is 19.6 Å². The number of halogens is 1. The Morgan fingerprint density at radius 1 is 1.30 bits per heavy atom. The number of aromatic amines is 1. The van der Waals surface area contributed by atoms with Gasteiger partial charge in [-0.2, -0.15) is 0 Å². The number of nitrogens with one attached hydrogen (secondary N) is 2. The van der Waals surface area contributed by atoms with Gasteiger partial charge in [-0.3, -0.25) is 4.90 Å². The molecule has 0 aliphatic carbocycles. The lowest BCUT2D eigenvalue weighted by atomic mass is 9.94. The molecule has 2 saturated heterocycles. The van der Waals surface area contributed by atoms with Crippen molar-refractivity contribution in [3.63, 3.8) is 0 Å². The summed E-state index contributed by atoms with van der Waals surface area (Å²) < 4.78 is 0. The molecule has 2 N–H and O–H groups in total. The van der Waals surface area contributed by atoms with Gasteiger partial charge in [0, 0.05) is 47.8 Å². The molecule has 0 amide bonds. The predicted molar refractivity (Wildman–Crippen MR) is 83.1 cm³/mol. The van der Waals surface area contributed by atoms with Crippen LogP contribution in [0.5, 0.6) is 0 Å². The van der Waals surface area contributed by atoms with Crippen LogP contribution in [-0.4, -0.2) is 35.6 Å². The summed E-state index contributed by atoms with van der Waals surface area (Å²) in [5.74, 6) is 0.850. The zero-order chi connectivity index (χ0) is 13.5. The Hall–Kier alpha value is -1.03. The molecule has 106 valence electrons.